The van der Waals surface area contributed by atoms with Gasteiger partial charge in [-0.2, -0.15) is 0 Å². The highest BCUT2D eigenvalue weighted by atomic mass is 16.2. The molecule has 0 saturated carbocycles. The molecule has 5 heteroatoms. The molecule has 28 heavy (non-hydrogen) atoms. The first-order valence-electron chi connectivity index (χ1n) is 11.1. The molecule has 1 amide bonds. The third-order valence-corrected chi connectivity index (χ3v) is 7.32. The van der Waals surface area contributed by atoms with Crippen molar-refractivity contribution in [3.8, 4) is 0 Å². The molecule has 2 aromatic rings. The number of carbonyl (C=O) groups is 1. The van der Waals surface area contributed by atoms with E-state index < -0.39 is 0 Å². The van der Waals surface area contributed by atoms with Gasteiger partial charge in [-0.3, -0.25) is 9.69 Å². The van der Waals surface area contributed by atoms with Gasteiger partial charge in [0.05, 0.1) is 0 Å². The van der Waals surface area contributed by atoms with E-state index in [0.717, 1.165) is 30.3 Å². The van der Waals surface area contributed by atoms with E-state index in [9.17, 15) is 4.79 Å². The standard InChI is InChI=1S/C23H32N4O/c1-3-6-19-8-4-9-21-18-11-17(13-27(19)21)12-26(14-18)23(28)20-15-25-10-5-7-16(2)22(25)24-20/h5,7,10,15,17-19,21H,3-4,6,8-9,11-14H2,1-2H3/t17-,18+,19-,21-/m0/s1. The van der Waals surface area contributed by atoms with Crippen molar-refractivity contribution in [3.63, 3.8) is 0 Å². The maximum atomic E-state index is 13.3. The second-order valence-corrected chi connectivity index (χ2v) is 9.26. The lowest BCUT2D eigenvalue weighted by Gasteiger charge is -2.55. The molecule has 2 aromatic heterocycles. The molecule has 4 atom stereocenters. The summed E-state index contributed by atoms with van der Waals surface area (Å²) in [7, 11) is 0. The Labute approximate surface area is 167 Å². The Kier molecular flexibility index (Phi) is 4.66. The molecule has 3 aliphatic heterocycles. The minimum atomic E-state index is 0.118. The molecule has 5 rings (SSSR count). The Balaban J connectivity index is 1.36. The van der Waals surface area contributed by atoms with Crippen molar-refractivity contribution in [2.45, 2.75) is 64.5 Å². The summed E-state index contributed by atoms with van der Waals surface area (Å²) in [6, 6.07) is 5.51. The fraction of sp³-hybridized carbons (Fsp3) is 0.652. The van der Waals surface area contributed by atoms with Gasteiger partial charge in [0, 0.05) is 44.1 Å². The molecule has 150 valence electrons. The average molecular weight is 381 g/mol. The predicted molar refractivity (Wildman–Crippen MR) is 110 cm³/mol. The predicted octanol–water partition coefficient (Wildman–Crippen LogP) is 3.76. The van der Waals surface area contributed by atoms with Crippen molar-refractivity contribution in [3.05, 3.63) is 35.8 Å². The monoisotopic (exact) mass is 380 g/mol. The zero-order valence-electron chi connectivity index (χ0n) is 17.2. The molecule has 3 aliphatic rings. The fourth-order valence-electron chi connectivity index (χ4n) is 6.14. The van der Waals surface area contributed by atoms with Gasteiger partial charge in [0.2, 0.25) is 0 Å². The van der Waals surface area contributed by atoms with Gasteiger partial charge in [-0.15, -0.1) is 0 Å². The molecule has 3 fully saturated rings. The molecular weight excluding hydrogens is 348 g/mol. The Morgan fingerprint density at radius 3 is 2.96 bits per heavy atom. The van der Waals surface area contributed by atoms with Crippen LogP contribution in [0.3, 0.4) is 0 Å². The van der Waals surface area contributed by atoms with Crippen LogP contribution in [0.1, 0.15) is 61.5 Å². The largest absolute Gasteiger partial charge is 0.337 e. The summed E-state index contributed by atoms with van der Waals surface area (Å²) in [6.07, 6.45) is 11.8. The summed E-state index contributed by atoms with van der Waals surface area (Å²) in [6.45, 7) is 7.34. The number of fused-ring (bicyclic) bond motifs is 5. The van der Waals surface area contributed by atoms with Crippen molar-refractivity contribution in [2.75, 3.05) is 19.6 Å². The Bertz CT molecular complexity index is 873. The van der Waals surface area contributed by atoms with E-state index in [1.54, 1.807) is 0 Å². The summed E-state index contributed by atoms with van der Waals surface area (Å²) in [5.74, 6) is 1.37. The van der Waals surface area contributed by atoms with E-state index in [4.69, 9.17) is 0 Å². The average Bonchev–Trinajstić information content (AvgIpc) is 3.14. The zero-order chi connectivity index (χ0) is 19.3. The summed E-state index contributed by atoms with van der Waals surface area (Å²) in [5, 5.41) is 0. The summed E-state index contributed by atoms with van der Waals surface area (Å²) >= 11 is 0. The van der Waals surface area contributed by atoms with E-state index in [2.05, 4.69) is 21.7 Å². The number of nitrogens with zero attached hydrogens (tertiary/aromatic N) is 4. The molecule has 0 radical (unpaired) electrons. The van der Waals surface area contributed by atoms with Crippen LogP contribution in [-0.2, 0) is 0 Å². The van der Waals surface area contributed by atoms with Crippen LogP contribution in [-0.4, -0.2) is 56.8 Å². The molecule has 0 N–H and O–H groups in total. The van der Waals surface area contributed by atoms with Crippen LogP contribution in [0.2, 0.25) is 0 Å². The van der Waals surface area contributed by atoms with Gasteiger partial charge >= 0.3 is 0 Å². The summed E-state index contributed by atoms with van der Waals surface area (Å²) in [4.78, 5) is 22.9. The molecule has 3 saturated heterocycles. The van der Waals surface area contributed by atoms with Gasteiger partial charge in [-0.05, 0) is 56.1 Å². The number of carbonyl (C=O) groups excluding carboxylic acids is 1. The number of aryl methyl sites for hydroxylation is 1. The number of amides is 1. The van der Waals surface area contributed by atoms with E-state index in [1.807, 2.05) is 35.9 Å². The van der Waals surface area contributed by atoms with Gasteiger partial charge < -0.3 is 9.30 Å². The molecule has 5 nitrogen and oxygen atoms in total. The first-order valence-corrected chi connectivity index (χ1v) is 11.1. The van der Waals surface area contributed by atoms with Crippen molar-refractivity contribution in [2.24, 2.45) is 11.8 Å². The number of rotatable bonds is 3. The summed E-state index contributed by atoms with van der Waals surface area (Å²) < 4.78 is 1.98. The van der Waals surface area contributed by atoms with Crippen LogP contribution in [0, 0.1) is 18.8 Å². The number of hydrogen-bond acceptors (Lipinski definition) is 3. The maximum Gasteiger partial charge on any atom is 0.274 e. The number of pyridine rings is 1. The van der Waals surface area contributed by atoms with E-state index in [0.29, 0.717) is 23.6 Å². The minimum Gasteiger partial charge on any atom is -0.337 e. The highest BCUT2D eigenvalue weighted by molar-refractivity contribution is 5.93. The second-order valence-electron chi connectivity index (χ2n) is 9.26. The highest BCUT2D eigenvalue weighted by Gasteiger charge is 2.45. The molecule has 5 heterocycles. The Hall–Kier alpha value is -1.88. The van der Waals surface area contributed by atoms with Crippen LogP contribution in [0.25, 0.3) is 5.65 Å². The summed E-state index contributed by atoms with van der Waals surface area (Å²) in [5.41, 5.74) is 2.60. The smallest absolute Gasteiger partial charge is 0.274 e. The highest BCUT2D eigenvalue weighted by Crippen LogP contribution is 2.40. The van der Waals surface area contributed by atoms with Gasteiger partial charge in [0.1, 0.15) is 11.3 Å². The molecular formula is C23H32N4O. The molecule has 0 aliphatic carbocycles. The van der Waals surface area contributed by atoms with Crippen molar-refractivity contribution < 1.29 is 4.79 Å². The van der Waals surface area contributed by atoms with Crippen LogP contribution in [0.5, 0.6) is 0 Å². The van der Waals surface area contributed by atoms with E-state index in [-0.39, 0.29) is 5.91 Å². The third kappa shape index (κ3) is 3.04. The minimum absolute atomic E-state index is 0.118. The van der Waals surface area contributed by atoms with Gasteiger partial charge in [0.25, 0.3) is 5.91 Å². The normalized spacial score (nSPS) is 30.4. The van der Waals surface area contributed by atoms with Crippen molar-refractivity contribution in [1.82, 2.24) is 19.2 Å². The topological polar surface area (TPSA) is 40.9 Å². The number of piperidine rings is 3. The van der Waals surface area contributed by atoms with Crippen LogP contribution >= 0.6 is 0 Å². The quantitative estimate of drug-likeness (QED) is 0.814. The number of hydrogen-bond donors (Lipinski definition) is 0. The third-order valence-electron chi connectivity index (χ3n) is 7.32. The zero-order valence-corrected chi connectivity index (χ0v) is 17.2. The molecule has 2 bridgehead atoms. The number of likely N-dealkylation sites (tertiary alicyclic amines) is 1. The van der Waals surface area contributed by atoms with Crippen LogP contribution < -0.4 is 0 Å². The number of aromatic nitrogens is 2. The maximum absolute atomic E-state index is 13.3. The molecule has 0 unspecified atom stereocenters. The lowest BCUT2D eigenvalue weighted by Crippen LogP contribution is -2.62. The lowest BCUT2D eigenvalue weighted by atomic mass is 9.74. The van der Waals surface area contributed by atoms with E-state index >= 15 is 0 Å². The molecule has 0 spiro atoms. The van der Waals surface area contributed by atoms with Crippen molar-refractivity contribution in [1.29, 1.82) is 0 Å². The van der Waals surface area contributed by atoms with Crippen LogP contribution in [0.15, 0.2) is 24.5 Å². The second kappa shape index (κ2) is 7.18. The number of imidazole rings is 1. The Morgan fingerprint density at radius 2 is 2.14 bits per heavy atom. The van der Waals surface area contributed by atoms with Gasteiger partial charge in [-0.25, -0.2) is 4.98 Å². The first-order chi connectivity index (χ1) is 13.6. The van der Waals surface area contributed by atoms with Crippen molar-refractivity contribution >= 4 is 11.6 Å². The van der Waals surface area contributed by atoms with Gasteiger partial charge in [-0.1, -0.05) is 25.8 Å². The lowest BCUT2D eigenvalue weighted by molar-refractivity contribution is -0.0519. The van der Waals surface area contributed by atoms with Crippen LogP contribution in [0.4, 0.5) is 0 Å². The fourth-order valence-corrected chi connectivity index (χ4v) is 6.14. The SMILES string of the molecule is CCC[C@H]1CCC[C@H]2[C@@H]3C[C@@H](CN(C(=O)c4cn5cccc(C)c5n4)C3)CN12. The Morgan fingerprint density at radius 1 is 1.25 bits per heavy atom. The van der Waals surface area contributed by atoms with Gasteiger partial charge in [0.15, 0.2) is 0 Å². The van der Waals surface area contributed by atoms with E-state index in [1.165, 1.54) is 45.1 Å². The molecule has 0 aromatic carbocycles. The first kappa shape index (κ1) is 18.2.